The number of nitrogens with zero attached hydrogens (tertiary/aromatic N) is 2. The van der Waals surface area contributed by atoms with Gasteiger partial charge in [0.05, 0.1) is 6.04 Å². The second-order valence-electron chi connectivity index (χ2n) is 5.73. The lowest BCUT2D eigenvalue weighted by Gasteiger charge is -2.24. The molecule has 120 valence electrons. The fraction of sp³-hybridized carbons (Fsp3) is 0.529. The largest absolute Gasteiger partial charge is 0.340 e. The normalized spacial score (nSPS) is 17.0. The zero-order valence-electron chi connectivity index (χ0n) is 13.2. The Labute approximate surface area is 132 Å². The number of carbonyl (C=O) groups is 2. The third-order valence-corrected chi connectivity index (χ3v) is 4.03. The van der Waals surface area contributed by atoms with Crippen LogP contribution in [0.15, 0.2) is 30.3 Å². The van der Waals surface area contributed by atoms with Crippen LogP contribution in [0.3, 0.4) is 0 Å². The quantitative estimate of drug-likeness (QED) is 0.916. The van der Waals surface area contributed by atoms with E-state index in [0.717, 1.165) is 12.8 Å². The van der Waals surface area contributed by atoms with Crippen LogP contribution >= 0.6 is 0 Å². The molecule has 1 aliphatic rings. The van der Waals surface area contributed by atoms with Crippen LogP contribution in [0.1, 0.15) is 36.5 Å². The van der Waals surface area contributed by atoms with E-state index in [9.17, 15) is 9.59 Å². The molecule has 1 aromatic rings. The minimum absolute atomic E-state index is 0.0101. The number of benzene rings is 1. The summed E-state index contributed by atoms with van der Waals surface area (Å²) in [7, 11) is 0. The third-order valence-electron chi connectivity index (χ3n) is 4.03. The molecule has 0 aromatic heterocycles. The van der Waals surface area contributed by atoms with Gasteiger partial charge in [-0.1, -0.05) is 31.5 Å². The van der Waals surface area contributed by atoms with Gasteiger partial charge in [-0.25, -0.2) is 0 Å². The Balaban J connectivity index is 1.95. The maximum atomic E-state index is 12.5. The molecule has 0 unspecified atom stereocenters. The van der Waals surface area contributed by atoms with Gasteiger partial charge in [-0.05, 0) is 25.0 Å². The van der Waals surface area contributed by atoms with Crippen molar-refractivity contribution in [1.82, 2.24) is 9.80 Å². The Morgan fingerprint density at radius 3 is 2.41 bits per heavy atom. The van der Waals surface area contributed by atoms with E-state index in [0.29, 0.717) is 38.2 Å². The molecule has 2 rings (SSSR count). The van der Waals surface area contributed by atoms with Gasteiger partial charge in [-0.2, -0.15) is 0 Å². The van der Waals surface area contributed by atoms with Crippen LogP contribution in [0.25, 0.3) is 0 Å². The molecule has 1 atom stereocenters. The van der Waals surface area contributed by atoms with Gasteiger partial charge in [0.1, 0.15) is 0 Å². The highest BCUT2D eigenvalue weighted by molar-refractivity contribution is 5.94. The van der Waals surface area contributed by atoms with Crippen molar-refractivity contribution in [2.45, 2.75) is 32.2 Å². The Kier molecular flexibility index (Phi) is 5.95. The van der Waals surface area contributed by atoms with Gasteiger partial charge < -0.3 is 15.5 Å². The van der Waals surface area contributed by atoms with Gasteiger partial charge in [0.25, 0.3) is 5.91 Å². The molecular weight excluding hydrogens is 278 g/mol. The van der Waals surface area contributed by atoms with Crippen molar-refractivity contribution in [3.8, 4) is 0 Å². The molecule has 1 heterocycles. The number of rotatable bonds is 4. The molecule has 0 spiro atoms. The van der Waals surface area contributed by atoms with E-state index in [1.807, 2.05) is 42.2 Å². The Morgan fingerprint density at radius 2 is 1.73 bits per heavy atom. The van der Waals surface area contributed by atoms with Crippen LogP contribution in [0, 0.1) is 0 Å². The van der Waals surface area contributed by atoms with Gasteiger partial charge in [0.2, 0.25) is 5.91 Å². The lowest BCUT2D eigenvalue weighted by molar-refractivity contribution is -0.132. The van der Waals surface area contributed by atoms with Gasteiger partial charge >= 0.3 is 0 Å². The summed E-state index contributed by atoms with van der Waals surface area (Å²) >= 11 is 0. The smallest absolute Gasteiger partial charge is 0.253 e. The maximum Gasteiger partial charge on any atom is 0.253 e. The first-order valence-electron chi connectivity index (χ1n) is 8.02. The van der Waals surface area contributed by atoms with Crippen LogP contribution < -0.4 is 5.73 Å². The lowest BCUT2D eigenvalue weighted by atomic mass is 10.1. The van der Waals surface area contributed by atoms with E-state index in [1.54, 1.807) is 4.90 Å². The van der Waals surface area contributed by atoms with Gasteiger partial charge in [0.15, 0.2) is 0 Å². The predicted molar refractivity (Wildman–Crippen MR) is 86.4 cm³/mol. The Hall–Kier alpha value is -1.88. The molecule has 2 amide bonds. The van der Waals surface area contributed by atoms with Crippen LogP contribution in [-0.4, -0.2) is 53.8 Å². The average molecular weight is 303 g/mol. The minimum Gasteiger partial charge on any atom is -0.340 e. The van der Waals surface area contributed by atoms with Crippen molar-refractivity contribution >= 4 is 11.8 Å². The number of hydrogen-bond acceptors (Lipinski definition) is 3. The van der Waals surface area contributed by atoms with Crippen LogP contribution in [0.4, 0.5) is 0 Å². The summed E-state index contributed by atoms with van der Waals surface area (Å²) in [4.78, 5) is 28.4. The summed E-state index contributed by atoms with van der Waals surface area (Å²) in [5.74, 6) is 0.0450. The highest BCUT2D eigenvalue weighted by Gasteiger charge is 2.25. The van der Waals surface area contributed by atoms with Crippen molar-refractivity contribution < 1.29 is 9.59 Å². The number of nitrogens with two attached hydrogens (primary N) is 1. The fourth-order valence-electron chi connectivity index (χ4n) is 2.77. The first-order chi connectivity index (χ1) is 10.6. The van der Waals surface area contributed by atoms with E-state index in [4.69, 9.17) is 5.73 Å². The SMILES string of the molecule is CCC[C@@H](N)C(=O)N1CCCN(C(=O)c2ccccc2)CC1. The van der Waals surface area contributed by atoms with E-state index in [2.05, 4.69) is 0 Å². The van der Waals surface area contributed by atoms with Crippen LogP contribution in [-0.2, 0) is 4.79 Å². The lowest BCUT2D eigenvalue weighted by Crippen LogP contribution is -2.45. The number of hydrogen-bond donors (Lipinski definition) is 1. The minimum atomic E-state index is -0.415. The average Bonchev–Trinajstić information content (AvgIpc) is 2.80. The van der Waals surface area contributed by atoms with Crippen molar-refractivity contribution in [3.63, 3.8) is 0 Å². The van der Waals surface area contributed by atoms with Crippen molar-refractivity contribution in [1.29, 1.82) is 0 Å². The second kappa shape index (κ2) is 7.94. The molecule has 1 aliphatic heterocycles. The molecule has 0 bridgehead atoms. The predicted octanol–water partition coefficient (Wildman–Crippen LogP) is 1.49. The number of carbonyl (C=O) groups excluding carboxylic acids is 2. The molecule has 2 N–H and O–H groups in total. The molecule has 0 radical (unpaired) electrons. The highest BCUT2D eigenvalue weighted by Crippen LogP contribution is 2.10. The van der Waals surface area contributed by atoms with Gasteiger partial charge in [0, 0.05) is 31.7 Å². The Morgan fingerprint density at radius 1 is 1.09 bits per heavy atom. The topological polar surface area (TPSA) is 66.6 Å². The standard InChI is InChI=1S/C17H25N3O2/c1-2-7-15(18)17(22)20-11-6-10-19(12-13-20)16(21)14-8-4-3-5-9-14/h3-5,8-9,15H,2,6-7,10-13,18H2,1H3/t15-/m1/s1. The highest BCUT2D eigenvalue weighted by atomic mass is 16.2. The third kappa shape index (κ3) is 4.07. The zero-order valence-corrected chi connectivity index (χ0v) is 13.2. The van der Waals surface area contributed by atoms with Crippen LogP contribution in [0.2, 0.25) is 0 Å². The molecule has 22 heavy (non-hydrogen) atoms. The maximum absolute atomic E-state index is 12.5. The molecule has 1 aromatic carbocycles. The molecule has 0 saturated carbocycles. The summed E-state index contributed by atoms with van der Waals surface area (Å²) in [6, 6.07) is 8.87. The number of amides is 2. The summed E-state index contributed by atoms with van der Waals surface area (Å²) in [5, 5.41) is 0. The molecule has 1 fully saturated rings. The Bertz CT molecular complexity index is 504. The van der Waals surface area contributed by atoms with Crippen molar-refractivity contribution in [3.05, 3.63) is 35.9 Å². The van der Waals surface area contributed by atoms with Crippen LogP contribution in [0.5, 0.6) is 0 Å². The first kappa shape index (κ1) is 16.5. The molecule has 5 nitrogen and oxygen atoms in total. The second-order valence-corrected chi connectivity index (χ2v) is 5.73. The van der Waals surface area contributed by atoms with E-state index in [1.165, 1.54) is 0 Å². The summed E-state index contributed by atoms with van der Waals surface area (Å²) < 4.78 is 0. The van der Waals surface area contributed by atoms with Gasteiger partial charge in [-0.15, -0.1) is 0 Å². The van der Waals surface area contributed by atoms with E-state index < -0.39 is 6.04 Å². The van der Waals surface area contributed by atoms with Gasteiger partial charge in [-0.3, -0.25) is 9.59 Å². The van der Waals surface area contributed by atoms with E-state index in [-0.39, 0.29) is 11.8 Å². The first-order valence-corrected chi connectivity index (χ1v) is 8.02. The summed E-state index contributed by atoms with van der Waals surface area (Å²) in [6.07, 6.45) is 2.41. The zero-order chi connectivity index (χ0) is 15.9. The summed E-state index contributed by atoms with van der Waals surface area (Å²) in [5.41, 5.74) is 6.62. The molecular formula is C17H25N3O2. The van der Waals surface area contributed by atoms with Crippen molar-refractivity contribution in [2.75, 3.05) is 26.2 Å². The monoisotopic (exact) mass is 303 g/mol. The molecule has 5 heteroatoms. The summed E-state index contributed by atoms with van der Waals surface area (Å²) in [6.45, 7) is 4.51. The fourth-order valence-corrected chi connectivity index (χ4v) is 2.77. The van der Waals surface area contributed by atoms with E-state index >= 15 is 0 Å². The van der Waals surface area contributed by atoms with Crippen molar-refractivity contribution in [2.24, 2.45) is 5.73 Å². The molecule has 0 aliphatic carbocycles. The molecule has 1 saturated heterocycles.